The first kappa shape index (κ1) is 18.0. The Morgan fingerprint density at radius 1 is 1.16 bits per heavy atom. The number of anilines is 1. The van der Waals surface area contributed by atoms with Crippen LogP contribution in [0.3, 0.4) is 0 Å². The molecule has 0 aliphatic carbocycles. The molecule has 0 unspecified atom stereocenters. The summed E-state index contributed by atoms with van der Waals surface area (Å²) >= 11 is 5.04. The minimum absolute atomic E-state index is 0.0536. The number of hydrogen-bond donors (Lipinski definition) is 3. The molecule has 0 aromatic heterocycles. The Labute approximate surface area is 147 Å². The minimum atomic E-state index is -1.09. The van der Waals surface area contributed by atoms with Gasteiger partial charge in [0.15, 0.2) is 5.11 Å². The molecule has 9 heteroatoms. The van der Waals surface area contributed by atoms with E-state index >= 15 is 0 Å². The van der Waals surface area contributed by atoms with Crippen LogP contribution < -0.4 is 10.6 Å². The highest BCUT2D eigenvalue weighted by atomic mass is 32.1. The molecule has 128 valence electrons. The van der Waals surface area contributed by atoms with E-state index in [9.17, 15) is 19.7 Å². The van der Waals surface area contributed by atoms with Crippen molar-refractivity contribution in [2.24, 2.45) is 0 Å². The van der Waals surface area contributed by atoms with Crippen LogP contribution in [-0.2, 0) is 0 Å². The highest BCUT2D eigenvalue weighted by molar-refractivity contribution is 7.80. The molecular formula is C16H13N3O5S. The Hall–Kier alpha value is -3.33. The topological polar surface area (TPSA) is 122 Å². The Morgan fingerprint density at radius 2 is 1.88 bits per heavy atom. The predicted molar refractivity (Wildman–Crippen MR) is 94.9 cm³/mol. The number of benzene rings is 2. The number of aromatic carboxylic acids is 1. The van der Waals surface area contributed by atoms with Gasteiger partial charge in [0, 0.05) is 23.4 Å². The molecule has 0 aliphatic heterocycles. The minimum Gasteiger partial charge on any atom is -0.478 e. The van der Waals surface area contributed by atoms with Crippen molar-refractivity contribution in [1.29, 1.82) is 0 Å². The Balaban J connectivity index is 2.11. The smallest absolute Gasteiger partial charge is 0.335 e. The van der Waals surface area contributed by atoms with Crippen LogP contribution >= 0.6 is 12.2 Å². The van der Waals surface area contributed by atoms with Gasteiger partial charge in [-0.1, -0.05) is 12.1 Å². The second-order valence-electron chi connectivity index (χ2n) is 5.05. The van der Waals surface area contributed by atoms with Gasteiger partial charge in [0.25, 0.3) is 11.6 Å². The van der Waals surface area contributed by atoms with Crippen LogP contribution in [0.25, 0.3) is 0 Å². The summed E-state index contributed by atoms with van der Waals surface area (Å²) in [5.41, 5.74) is 1.10. The Morgan fingerprint density at radius 3 is 2.52 bits per heavy atom. The molecule has 8 nitrogen and oxygen atoms in total. The number of amides is 1. The number of carboxylic acids is 1. The number of aryl methyl sites for hydroxylation is 1. The molecule has 2 aromatic rings. The third-order valence-corrected chi connectivity index (χ3v) is 3.48. The molecule has 0 spiro atoms. The van der Waals surface area contributed by atoms with Crippen molar-refractivity contribution < 1.29 is 19.6 Å². The zero-order valence-electron chi connectivity index (χ0n) is 13.0. The van der Waals surface area contributed by atoms with Gasteiger partial charge in [0.05, 0.1) is 10.5 Å². The maximum absolute atomic E-state index is 12.1. The van der Waals surface area contributed by atoms with E-state index in [1.165, 1.54) is 30.3 Å². The van der Waals surface area contributed by atoms with Gasteiger partial charge in [-0.15, -0.1) is 0 Å². The van der Waals surface area contributed by atoms with Crippen LogP contribution in [0.5, 0.6) is 0 Å². The third-order valence-electron chi connectivity index (χ3n) is 3.28. The molecule has 0 saturated heterocycles. The third kappa shape index (κ3) is 4.58. The largest absolute Gasteiger partial charge is 0.478 e. The lowest BCUT2D eigenvalue weighted by Gasteiger charge is -2.12. The lowest BCUT2D eigenvalue weighted by Crippen LogP contribution is -2.34. The summed E-state index contributed by atoms with van der Waals surface area (Å²) < 4.78 is 0. The van der Waals surface area contributed by atoms with Crippen molar-refractivity contribution in [3.63, 3.8) is 0 Å². The number of carboxylic acid groups (broad SMARTS) is 1. The molecule has 0 heterocycles. The zero-order chi connectivity index (χ0) is 18.6. The van der Waals surface area contributed by atoms with Crippen molar-refractivity contribution in [2.75, 3.05) is 5.32 Å². The fourth-order valence-corrected chi connectivity index (χ4v) is 2.18. The Bertz CT molecular complexity index is 882. The van der Waals surface area contributed by atoms with Crippen LogP contribution in [0.15, 0.2) is 42.5 Å². The predicted octanol–water partition coefficient (Wildman–Crippen LogP) is 2.73. The molecule has 0 atom stereocenters. The summed E-state index contributed by atoms with van der Waals surface area (Å²) in [5.74, 6) is -1.71. The number of hydrogen-bond acceptors (Lipinski definition) is 5. The van der Waals surface area contributed by atoms with Crippen LogP contribution in [0.4, 0.5) is 11.4 Å². The molecule has 1 amide bonds. The number of nitrogens with zero attached hydrogens (tertiary/aromatic N) is 1. The number of carbonyl (C=O) groups excluding carboxylic acids is 1. The Kier molecular flexibility index (Phi) is 5.40. The molecular weight excluding hydrogens is 346 g/mol. The molecule has 0 saturated carbocycles. The summed E-state index contributed by atoms with van der Waals surface area (Å²) in [7, 11) is 0. The van der Waals surface area contributed by atoms with E-state index in [1.54, 1.807) is 13.0 Å². The van der Waals surface area contributed by atoms with Crippen LogP contribution in [0.1, 0.15) is 26.3 Å². The van der Waals surface area contributed by atoms with Gasteiger partial charge in [-0.2, -0.15) is 0 Å². The fourth-order valence-electron chi connectivity index (χ4n) is 1.98. The fraction of sp³-hybridized carbons (Fsp3) is 0.0625. The van der Waals surface area contributed by atoms with Crippen LogP contribution in [0, 0.1) is 17.0 Å². The normalized spacial score (nSPS) is 9.96. The maximum atomic E-state index is 12.1. The van der Waals surface area contributed by atoms with Gasteiger partial charge in [-0.05, 0) is 42.9 Å². The van der Waals surface area contributed by atoms with Gasteiger partial charge in [-0.3, -0.25) is 20.2 Å². The SMILES string of the molecule is Cc1ccc(C(=O)O)cc1NC(=S)NC(=O)c1cccc([N+](=O)[O-])c1. The number of nitro groups is 1. The molecule has 0 bridgehead atoms. The van der Waals surface area contributed by atoms with Crippen molar-refractivity contribution >= 4 is 40.6 Å². The average Bonchev–Trinajstić information content (AvgIpc) is 2.56. The summed E-state index contributed by atoms with van der Waals surface area (Å²) in [6.07, 6.45) is 0. The highest BCUT2D eigenvalue weighted by Gasteiger charge is 2.13. The van der Waals surface area contributed by atoms with E-state index in [0.717, 1.165) is 11.6 Å². The first-order chi connectivity index (χ1) is 11.8. The molecule has 0 fully saturated rings. The average molecular weight is 359 g/mol. The van der Waals surface area contributed by atoms with E-state index in [-0.39, 0.29) is 21.9 Å². The second kappa shape index (κ2) is 7.49. The van der Waals surface area contributed by atoms with Crippen molar-refractivity contribution in [1.82, 2.24) is 5.32 Å². The van der Waals surface area contributed by atoms with Crippen LogP contribution in [0.2, 0.25) is 0 Å². The van der Waals surface area contributed by atoms with E-state index in [1.807, 2.05) is 0 Å². The first-order valence-electron chi connectivity index (χ1n) is 6.98. The van der Waals surface area contributed by atoms with E-state index in [4.69, 9.17) is 17.3 Å². The summed E-state index contributed by atoms with van der Waals surface area (Å²) in [5, 5.41) is 24.9. The van der Waals surface area contributed by atoms with E-state index in [0.29, 0.717) is 5.69 Å². The van der Waals surface area contributed by atoms with E-state index in [2.05, 4.69) is 10.6 Å². The lowest BCUT2D eigenvalue weighted by molar-refractivity contribution is -0.384. The number of nitro benzene ring substituents is 1. The van der Waals surface area contributed by atoms with Gasteiger partial charge in [0.2, 0.25) is 0 Å². The monoisotopic (exact) mass is 359 g/mol. The highest BCUT2D eigenvalue weighted by Crippen LogP contribution is 2.17. The quantitative estimate of drug-likeness (QED) is 0.436. The van der Waals surface area contributed by atoms with Gasteiger partial charge in [-0.25, -0.2) is 4.79 Å². The standard InChI is InChI=1S/C16H13N3O5S/c1-9-5-6-11(15(21)22)8-13(9)17-16(25)18-14(20)10-3-2-4-12(7-10)19(23)24/h2-8H,1H3,(H,21,22)(H2,17,18,20,25). The molecule has 3 N–H and O–H groups in total. The molecule has 0 aliphatic rings. The molecule has 2 rings (SSSR count). The van der Waals surface area contributed by atoms with Crippen molar-refractivity contribution in [3.05, 3.63) is 69.3 Å². The lowest BCUT2D eigenvalue weighted by atomic mass is 10.1. The van der Waals surface area contributed by atoms with Crippen molar-refractivity contribution in [3.8, 4) is 0 Å². The number of nitrogens with one attached hydrogen (secondary N) is 2. The summed E-state index contributed by atoms with van der Waals surface area (Å²) in [6.45, 7) is 1.75. The first-order valence-corrected chi connectivity index (χ1v) is 7.39. The number of non-ortho nitro benzene ring substituents is 1. The van der Waals surface area contributed by atoms with Crippen molar-refractivity contribution in [2.45, 2.75) is 6.92 Å². The number of rotatable bonds is 4. The molecule has 0 radical (unpaired) electrons. The van der Waals surface area contributed by atoms with Gasteiger partial charge < -0.3 is 10.4 Å². The maximum Gasteiger partial charge on any atom is 0.335 e. The summed E-state index contributed by atoms with van der Waals surface area (Å²) in [4.78, 5) is 33.3. The van der Waals surface area contributed by atoms with Gasteiger partial charge >= 0.3 is 5.97 Å². The van der Waals surface area contributed by atoms with Crippen LogP contribution in [-0.4, -0.2) is 27.0 Å². The number of carbonyl (C=O) groups is 2. The number of thiocarbonyl (C=S) groups is 1. The van der Waals surface area contributed by atoms with E-state index < -0.39 is 16.8 Å². The molecule has 2 aromatic carbocycles. The summed E-state index contributed by atoms with van der Waals surface area (Å²) in [6, 6.07) is 9.67. The molecule has 25 heavy (non-hydrogen) atoms. The zero-order valence-corrected chi connectivity index (χ0v) is 13.8. The second-order valence-corrected chi connectivity index (χ2v) is 5.46. The van der Waals surface area contributed by atoms with Gasteiger partial charge in [0.1, 0.15) is 0 Å².